The van der Waals surface area contributed by atoms with E-state index >= 15 is 0 Å². The van der Waals surface area contributed by atoms with Gasteiger partial charge in [-0.25, -0.2) is 4.79 Å². The highest BCUT2D eigenvalue weighted by molar-refractivity contribution is 6.32. The zero-order valence-corrected chi connectivity index (χ0v) is 9.54. The van der Waals surface area contributed by atoms with Crippen LogP contribution in [0.1, 0.15) is 12.6 Å². The van der Waals surface area contributed by atoms with Gasteiger partial charge >= 0.3 is 5.69 Å². The molecular weight excluding hydrogens is 250 g/mol. The number of aliphatic hydroxyl groups excluding tert-OH is 2. The van der Waals surface area contributed by atoms with E-state index in [1.165, 1.54) is 6.20 Å². The Balaban J connectivity index is 2.30. The van der Waals surface area contributed by atoms with E-state index in [4.69, 9.17) is 27.2 Å². The average Bonchev–Trinajstić information content (AvgIpc) is 2.65. The summed E-state index contributed by atoms with van der Waals surface area (Å²) in [6, 6.07) is 0. The van der Waals surface area contributed by atoms with Crippen LogP contribution in [-0.2, 0) is 4.74 Å². The molecule has 0 unspecified atom stereocenters. The Morgan fingerprint density at radius 1 is 1.71 bits per heavy atom. The van der Waals surface area contributed by atoms with Crippen LogP contribution in [-0.4, -0.2) is 38.6 Å². The Kier molecular flexibility index (Phi) is 3.34. The lowest BCUT2D eigenvalue weighted by atomic mass is 10.2. The van der Waals surface area contributed by atoms with Crippen LogP contribution in [0.25, 0.3) is 0 Å². The van der Waals surface area contributed by atoms with Gasteiger partial charge in [0.15, 0.2) is 0 Å². The van der Waals surface area contributed by atoms with Gasteiger partial charge in [0.05, 0.1) is 17.7 Å². The summed E-state index contributed by atoms with van der Waals surface area (Å²) in [6.45, 7) is -0.317. The summed E-state index contributed by atoms with van der Waals surface area (Å²) >= 11 is 5.76. The minimum Gasteiger partial charge on any atom is -0.394 e. The van der Waals surface area contributed by atoms with Gasteiger partial charge in [-0.3, -0.25) is 4.57 Å². The van der Waals surface area contributed by atoms with Crippen molar-refractivity contribution in [3.63, 3.8) is 0 Å². The number of rotatable bonds is 2. The highest BCUT2D eigenvalue weighted by Gasteiger charge is 2.35. The second-order valence-electron chi connectivity index (χ2n) is 3.78. The molecule has 4 N–H and O–H groups in total. The number of ether oxygens (including phenoxy) is 1. The molecule has 0 aromatic carbocycles. The molecule has 0 amide bonds. The van der Waals surface area contributed by atoms with Crippen molar-refractivity contribution in [1.29, 1.82) is 0 Å². The third-order valence-corrected chi connectivity index (χ3v) is 2.92. The quantitative estimate of drug-likeness (QED) is 0.638. The Morgan fingerprint density at radius 2 is 2.41 bits per heavy atom. The third kappa shape index (κ3) is 2.27. The number of hydrogen-bond donors (Lipinski definition) is 3. The number of hydrogen-bond acceptors (Lipinski definition) is 6. The lowest BCUT2D eigenvalue weighted by Gasteiger charge is -2.14. The van der Waals surface area contributed by atoms with Crippen LogP contribution < -0.4 is 11.4 Å². The molecule has 2 heterocycles. The Hall–Kier alpha value is -1.15. The number of aromatic nitrogens is 2. The van der Waals surface area contributed by atoms with Crippen molar-refractivity contribution in [3.8, 4) is 0 Å². The van der Waals surface area contributed by atoms with Crippen LogP contribution in [0.5, 0.6) is 0 Å². The zero-order valence-electron chi connectivity index (χ0n) is 8.78. The second-order valence-corrected chi connectivity index (χ2v) is 4.19. The normalized spacial score (nSPS) is 28.5. The zero-order chi connectivity index (χ0) is 12.6. The van der Waals surface area contributed by atoms with Gasteiger partial charge in [-0.15, -0.1) is 0 Å². The van der Waals surface area contributed by atoms with Crippen molar-refractivity contribution in [2.24, 2.45) is 0 Å². The molecule has 0 aliphatic carbocycles. The molecule has 7 nitrogen and oxygen atoms in total. The summed E-state index contributed by atoms with van der Waals surface area (Å²) < 4.78 is 6.46. The fourth-order valence-corrected chi connectivity index (χ4v) is 1.86. The number of nitrogens with zero attached hydrogens (tertiary/aromatic N) is 2. The standard InChI is InChI=1S/C9H12ClN3O4/c10-4-2-13(9(16)12-8(4)11)7-1-5(15)6(3-14)17-7/h2,5-7,14-15H,1,3H2,(H2,11,12,16)/t5-,6+,7+/m0/s1. The van der Waals surface area contributed by atoms with E-state index in [-0.39, 0.29) is 23.9 Å². The molecule has 2 rings (SSSR count). The molecule has 1 aliphatic rings. The smallest absolute Gasteiger partial charge is 0.351 e. The summed E-state index contributed by atoms with van der Waals surface area (Å²) in [5.41, 5.74) is 4.77. The SMILES string of the molecule is Nc1nc(=O)n([C@H]2C[C@H](O)[C@@H](CO)O2)cc1Cl. The van der Waals surface area contributed by atoms with Gasteiger partial charge in [0.25, 0.3) is 0 Å². The molecule has 1 saturated heterocycles. The minimum atomic E-state index is -0.826. The van der Waals surface area contributed by atoms with Gasteiger partial charge in [-0.05, 0) is 0 Å². The van der Waals surface area contributed by atoms with Crippen LogP contribution in [0.2, 0.25) is 5.02 Å². The fraction of sp³-hybridized carbons (Fsp3) is 0.556. The molecule has 1 aromatic rings. The van der Waals surface area contributed by atoms with E-state index in [2.05, 4.69) is 4.98 Å². The molecule has 0 saturated carbocycles. The van der Waals surface area contributed by atoms with Gasteiger partial charge in [0.1, 0.15) is 18.1 Å². The molecule has 94 valence electrons. The minimum absolute atomic E-state index is 0.0508. The topological polar surface area (TPSA) is 111 Å². The van der Waals surface area contributed by atoms with Crippen molar-refractivity contribution in [2.45, 2.75) is 24.9 Å². The average molecular weight is 262 g/mol. The monoisotopic (exact) mass is 261 g/mol. The molecule has 17 heavy (non-hydrogen) atoms. The van der Waals surface area contributed by atoms with E-state index < -0.39 is 24.1 Å². The molecule has 0 radical (unpaired) electrons. The molecule has 3 atom stereocenters. The lowest BCUT2D eigenvalue weighted by Crippen LogP contribution is -2.28. The number of halogens is 1. The molecule has 1 aromatic heterocycles. The Labute approximate surface area is 101 Å². The molecular formula is C9H12ClN3O4. The van der Waals surface area contributed by atoms with E-state index in [0.717, 1.165) is 4.57 Å². The van der Waals surface area contributed by atoms with Crippen molar-refractivity contribution < 1.29 is 14.9 Å². The summed E-state index contributed by atoms with van der Waals surface area (Å²) in [5, 5.41) is 18.6. The Bertz CT molecular complexity index is 478. The first-order chi connectivity index (χ1) is 8.02. The summed E-state index contributed by atoms with van der Waals surface area (Å²) in [4.78, 5) is 15.1. The summed E-state index contributed by atoms with van der Waals surface area (Å²) in [6.07, 6.45) is -0.729. The van der Waals surface area contributed by atoms with Crippen molar-refractivity contribution in [1.82, 2.24) is 9.55 Å². The van der Waals surface area contributed by atoms with Gasteiger partial charge < -0.3 is 20.7 Å². The maximum Gasteiger partial charge on any atom is 0.351 e. The number of anilines is 1. The van der Waals surface area contributed by atoms with Crippen LogP contribution >= 0.6 is 11.6 Å². The molecule has 8 heteroatoms. The van der Waals surface area contributed by atoms with Gasteiger partial charge in [0.2, 0.25) is 0 Å². The maximum absolute atomic E-state index is 11.6. The molecule has 1 fully saturated rings. The maximum atomic E-state index is 11.6. The van der Waals surface area contributed by atoms with Crippen LogP contribution in [0.15, 0.2) is 11.0 Å². The first-order valence-electron chi connectivity index (χ1n) is 5.01. The Morgan fingerprint density at radius 3 is 3.00 bits per heavy atom. The van der Waals surface area contributed by atoms with Crippen LogP contribution in [0.4, 0.5) is 5.82 Å². The molecule has 0 spiro atoms. The predicted octanol–water partition coefficient (Wildman–Crippen LogP) is -0.880. The van der Waals surface area contributed by atoms with Gasteiger partial charge in [-0.1, -0.05) is 11.6 Å². The van der Waals surface area contributed by atoms with Crippen LogP contribution in [0, 0.1) is 0 Å². The fourth-order valence-electron chi connectivity index (χ4n) is 1.71. The lowest BCUT2D eigenvalue weighted by molar-refractivity contribution is -0.0458. The van der Waals surface area contributed by atoms with Gasteiger partial charge in [0, 0.05) is 12.6 Å². The molecule has 0 bridgehead atoms. The second kappa shape index (κ2) is 4.61. The largest absolute Gasteiger partial charge is 0.394 e. The summed E-state index contributed by atoms with van der Waals surface area (Å²) in [5.74, 6) is -0.0508. The summed E-state index contributed by atoms with van der Waals surface area (Å²) in [7, 11) is 0. The van der Waals surface area contributed by atoms with E-state index in [0.29, 0.717) is 0 Å². The predicted molar refractivity (Wildman–Crippen MR) is 59.5 cm³/mol. The van der Waals surface area contributed by atoms with E-state index in [1.807, 2.05) is 0 Å². The number of nitrogen functional groups attached to an aromatic ring is 1. The first kappa shape index (κ1) is 12.3. The van der Waals surface area contributed by atoms with E-state index in [1.54, 1.807) is 0 Å². The highest BCUT2D eigenvalue weighted by atomic mass is 35.5. The van der Waals surface area contributed by atoms with Crippen LogP contribution in [0.3, 0.4) is 0 Å². The number of aliphatic hydroxyl groups is 2. The van der Waals surface area contributed by atoms with Crippen molar-refractivity contribution >= 4 is 17.4 Å². The van der Waals surface area contributed by atoms with E-state index in [9.17, 15) is 9.90 Å². The number of nitrogens with two attached hydrogens (primary N) is 1. The third-order valence-electron chi connectivity index (χ3n) is 2.63. The van der Waals surface area contributed by atoms with Crippen molar-refractivity contribution in [3.05, 3.63) is 21.7 Å². The first-order valence-corrected chi connectivity index (χ1v) is 5.39. The molecule has 1 aliphatic heterocycles. The van der Waals surface area contributed by atoms with Gasteiger partial charge in [-0.2, -0.15) is 4.98 Å². The van der Waals surface area contributed by atoms with Crippen molar-refractivity contribution in [2.75, 3.05) is 12.3 Å². The highest BCUT2D eigenvalue weighted by Crippen LogP contribution is 2.28.